The molecule has 0 aromatic heterocycles. The number of rotatable bonds is 4. The van der Waals surface area contributed by atoms with Crippen LogP contribution >= 0.6 is 0 Å². The topological polar surface area (TPSA) is 21.3 Å². The molecule has 5 unspecified atom stereocenters. The van der Waals surface area contributed by atoms with Gasteiger partial charge in [0.05, 0.1) is 12.7 Å². The summed E-state index contributed by atoms with van der Waals surface area (Å²) in [5, 5.41) is 3.60. The average Bonchev–Trinajstić information content (AvgIpc) is 2.77. The van der Waals surface area contributed by atoms with Crippen LogP contribution in [-0.2, 0) is 4.74 Å². The Morgan fingerprint density at radius 1 is 1.24 bits per heavy atom. The predicted molar refractivity (Wildman–Crippen MR) is 72.1 cm³/mol. The molecule has 0 bridgehead atoms. The average molecular weight is 239 g/mol. The second-order valence-electron chi connectivity index (χ2n) is 6.16. The first-order chi connectivity index (χ1) is 8.24. The van der Waals surface area contributed by atoms with E-state index in [4.69, 9.17) is 4.74 Å². The van der Waals surface area contributed by atoms with E-state index in [0.717, 1.165) is 24.4 Å². The van der Waals surface area contributed by atoms with Crippen LogP contribution < -0.4 is 5.32 Å². The van der Waals surface area contributed by atoms with E-state index >= 15 is 0 Å². The lowest BCUT2D eigenvalue weighted by molar-refractivity contribution is 0.108. The Labute approximate surface area is 107 Å². The van der Waals surface area contributed by atoms with Crippen molar-refractivity contribution in [1.82, 2.24) is 5.32 Å². The van der Waals surface area contributed by atoms with E-state index < -0.39 is 0 Å². The van der Waals surface area contributed by atoms with Crippen molar-refractivity contribution in [2.45, 2.75) is 64.5 Å². The van der Waals surface area contributed by atoms with Crippen molar-refractivity contribution < 1.29 is 4.74 Å². The Morgan fingerprint density at radius 2 is 2.06 bits per heavy atom. The molecule has 2 fully saturated rings. The first kappa shape index (κ1) is 13.4. The summed E-state index contributed by atoms with van der Waals surface area (Å²) in [6, 6.07) is 0.689. The van der Waals surface area contributed by atoms with Gasteiger partial charge in [-0.3, -0.25) is 0 Å². The first-order valence-corrected chi connectivity index (χ1v) is 7.53. The molecule has 1 saturated heterocycles. The van der Waals surface area contributed by atoms with Gasteiger partial charge in [-0.15, -0.1) is 0 Å². The Hall–Kier alpha value is -0.0800. The van der Waals surface area contributed by atoms with Gasteiger partial charge in [-0.2, -0.15) is 0 Å². The zero-order chi connectivity index (χ0) is 12.3. The molecule has 100 valence electrons. The molecule has 2 heteroatoms. The maximum Gasteiger partial charge on any atom is 0.0551 e. The van der Waals surface area contributed by atoms with Crippen LogP contribution in [0.25, 0.3) is 0 Å². The molecule has 0 radical (unpaired) electrons. The molecular formula is C15H29NO. The van der Waals surface area contributed by atoms with Gasteiger partial charge in [0.1, 0.15) is 0 Å². The minimum Gasteiger partial charge on any atom is -0.378 e. The number of ether oxygens (including phenoxy) is 1. The molecule has 1 saturated carbocycles. The van der Waals surface area contributed by atoms with Crippen LogP contribution in [0.2, 0.25) is 0 Å². The standard InChI is InChI=1S/C15H29NO/c1-4-12-6-5-7-13(9-12)15(16-3)14-8-11(2)17-10-14/h11-16H,4-10H2,1-3H3. The molecule has 17 heavy (non-hydrogen) atoms. The van der Waals surface area contributed by atoms with Crippen LogP contribution in [0.1, 0.15) is 52.4 Å². The van der Waals surface area contributed by atoms with Crippen molar-refractivity contribution in [2.24, 2.45) is 17.8 Å². The molecule has 1 aliphatic heterocycles. The van der Waals surface area contributed by atoms with Crippen molar-refractivity contribution in [2.75, 3.05) is 13.7 Å². The lowest BCUT2D eigenvalue weighted by atomic mass is 9.73. The SMILES string of the molecule is CCC1CCCC(C(NC)C2COC(C)C2)C1. The Balaban J connectivity index is 1.92. The summed E-state index contributed by atoms with van der Waals surface area (Å²) in [6.07, 6.45) is 8.84. The highest BCUT2D eigenvalue weighted by Crippen LogP contribution is 2.37. The van der Waals surface area contributed by atoms with Gasteiger partial charge in [0.15, 0.2) is 0 Å². The van der Waals surface area contributed by atoms with E-state index in [-0.39, 0.29) is 0 Å². The summed E-state index contributed by atoms with van der Waals surface area (Å²) in [4.78, 5) is 0. The molecule has 2 rings (SSSR count). The smallest absolute Gasteiger partial charge is 0.0551 e. The molecule has 1 N–H and O–H groups in total. The van der Waals surface area contributed by atoms with Gasteiger partial charge in [0.2, 0.25) is 0 Å². The first-order valence-electron chi connectivity index (χ1n) is 7.53. The molecule has 1 aliphatic carbocycles. The van der Waals surface area contributed by atoms with Crippen molar-refractivity contribution in [3.8, 4) is 0 Å². The zero-order valence-corrected chi connectivity index (χ0v) is 11.7. The monoisotopic (exact) mass is 239 g/mol. The molecule has 2 aliphatic rings. The minimum atomic E-state index is 0.474. The van der Waals surface area contributed by atoms with E-state index in [1.165, 1.54) is 38.5 Å². The van der Waals surface area contributed by atoms with Gasteiger partial charge in [-0.1, -0.05) is 26.2 Å². The van der Waals surface area contributed by atoms with Crippen molar-refractivity contribution >= 4 is 0 Å². The third-order valence-corrected chi connectivity index (χ3v) is 4.98. The highest BCUT2D eigenvalue weighted by Gasteiger charge is 2.35. The number of nitrogens with one attached hydrogen (secondary N) is 1. The predicted octanol–water partition coefficient (Wildman–Crippen LogP) is 3.22. The Bertz CT molecular complexity index is 231. The Kier molecular flexibility index (Phi) is 4.87. The largest absolute Gasteiger partial charge is 0.378 e. The van der Waals surface area contributed by atoms with E-state index in [1.807, 2.05) is 0 Å². The summed E-state index contributed by atoms with van der Waals surface area (Å²) < 4.78 is 5.75. The van der Waals surface area contributed by atoms with Gasteiger partial charge in [0.25, 0.3) is 0 Å². The molecule has 0 aromatic carbocycles. The molecule has 0 aromatic rings. The second kappa shape index (κ2) is 6.19. The third kappa shape index (κ3) is 3.23. The maximum atomic E-state index is 5.75. The van der Waals surface area contributed by atoms with Crippen LogP contribution in [-0.4, -0.2) is 25.8 Å². The van der Waals surface area contributed by atoms with E-state index in [1.54, 1.807) is 0 Å². The van der Waals surface area contributed by atoms with Crippen LogP contribution in [0.5, 0.6) is 0 Å². The Morgan fingerprint density at radius 3 is 2.65 bits per heavy atom. The molecule has 0 spiro atoms. The molecule has 1 heterocycles. The van der Waals surface area contributed by atoms with Crippen LogP contribution in [0, 0.1) is 17.8 Å². The summed E-state index contributed by atoms with van der Waals surface area (Å²) in [7, 11) is 2.14. The van der Waals surface area contributed by atoms with Crippen molar-refractivity contribution in [3.05, 3.63) is 0 Å². The van der Waals surface area contributed by atoms with Crippen LogP contribution in [0.3, 0.4) is 0 Å². The van der Waals surface area contributed by atoms with Crippen LogP contribution in [0.4, 0.5) is 0 Å². The van der Waals surface area contributed by atoms with E-state index in [0.29, 0.717) is 12.1 Å². The normalized spacial score (nSPS) is 40.4. The van der Waals surface area contributed by atoms with Gasteiger partial charge >= 0.3 is 0 Å². The lowest BCUT2D eigenvalue weighted by Crippen LogP contribution is -2.42. The molecule has 2 nitrogen and oxygen atoms in total. The third-order valence-electron chi connectivity index (χ3n) is 4.98. The highest BCUT2D eigenvalue weighted by atomic mass is 16.5. The summed E-state index contributed by atoms with van der Waals surface area (Å²) in [6.45, 7) is 5.53. The fourth-order valence-corrected chi connectivity index (χ4v) is 3.99. The summed E-state index contributed by atoms with van der Waals surface area (Å²) in [5.41, 5.74) is 0. The maximum absolute atomic E-state index is 5.75. The second-order valence-corrected chi connectivity index (χ2v) is 6.16. The fourth-order valence-electron chi connectivity index (χ4n) is 3.99. The molecular weight excluding hydrogens is 210 g/mol. The molecule has 5 atom stereocenters. The summed E-state index contributed by atoms with van der Waals surface area (Å²) in [5.74, 6) is 2.61. The van der Waals surface area contributed by atoms with Gasteiger partial charge in [-0.05, 0) is 45.1 Å². The van der Waals surface area contributed by atoms with Crippen molar-refractivity contribution in [1.29, 1.82) is 0 Å². The van der Waals surface area contributed by atoms with Gasteiger partial charge in [-0.25, -0.2) is 0 Å². The van der Waals surface area contributed by atoms with Crippen molar-refractivity contribution in [3.63, 3.8) is 0 Å². The van der Waals surface area contributed by atoms with Gasteiger partial charge in [0, 0.05) is 12.0 Å². The van der Waals surface area contributed by atoms with E-state index in [9.17, 15) is 0 Å². The van der Waals surface area contributed by atoms with Gasteiger partial charge < -0.3 is 10.1 Å². The quantitative estimate of drug-likeness (QED) is 0.813. The fraction of sp³-hybridized carbons (Fsp3) is 1.00. The summed E-state index contributed by atoms with van der Waals surface area (Å²) >= 11 is 0. The minimum absolute atomic E-state index is 0.474. The highest BCUT2D eigenvalue weighted by molar-refractivity contribution is 4.89. The van der Waals surface area contributed by atoms with E-state index in [2.05, 4.69) is 26.2 Å². The number of hydrogen-bond acceptors (Lipinski definition) is 2. The lowest BCUT2D eigenvalue weighted by Gasteiger charge is -2.36. The van der Waals surface area contributed by atoms with Crippen LogP contribution in [0.15, 0.2) is 0 Å². The number of hydrogen-bond donors (Lipinski definition) is 1. The zero-order valence-electron chi connectivity index (χ0n) is 11.7. The molecule has 0 amide bonds.